The highest BCUT2D eigenvalue weighted by atomic mass is 16.5. The van der Waals surface area contributed by atoms with E-state index in [-0.39, 0.29) is 5.91 Å². The number of rotatable bonds is 7. The minimum atomic E-state index is -0.221. The van der Waals surface area contributed by atoms with Gasteiger partial charge in [0.15, 0.2) is 11.5 Å². The van der Waals surface area contributed by atoms with Crippen molar-refractivity contribution in [2.75, 3.05) is 18.5 Å². The van der Waals surface area contributed by atoms with E-state index in [1.54, 1.807) is 30.7 Å². The fourth-order valence-electron chi connectivity index (χ4n) is 2.59. The van der Waals surface area contributed by atoms with Crippen molar-refractivity contribution >= 4 is 11.6 Å². The third kappa shape index (κ3) is 3.85. The zero-order valence-electron chi connectivity index (χ0n) is 14.8. The summed E-state index contributed by atoms with van der Waals surface area (Å²) in [6.07, 6.45) is 5.21. The number of hydrogen-bond donors (Lipinski definition) is 1. The Hall–Kier alpha value is -3.28. The van der Waals surface area contributed by atoms with Gasteiger partial charge in [0, 0.05) is 18.0 Å². The van der Waals surface area contributed by atoms with E-state index in [0.717, 1.165) is 5.69 Å². The molecule has 0 saturated heterocycles. The Morgan fingerprint density at radius 3 is 2.58 bits per heavy atom. The zero-order valence-corrected chi connectivity index (χ0v) is 14.8. The molecule has 6 heteroatoms. The molecule has 1 N–H and O–H groups in total. The monoisotopic (exact) mass is 351 g/mol. The normalized spacial score (nSPS) is 10.4. The molecule has 0 saturated carbocycles. The van der Waals surface area contributed by atoms with Crippen molar-refractivity contribution in [3.05, 3.63) is 66.7 Å². The van der Waals surface area contributed by atoms with Gasteiger partial charge in [0.05, 0.1) is 30.9 Å². The predicted octanol–water partition coefficient (Wildman–Crippen LogP) is 3.92. The first-order valence-electron chi connectivity index (χ1n) is 8.51. The molecule has 1 amide bonds. The summed E-state index contributed by atoms with van der Waals surface area (Å²) in [6.45, 7) is 4.83. The Labute approximate surface area is 152 Å². The van der Waals surface area contributed by atoms with E-state index < -0.39 is 0 Å². The second-order valence-electron chi connectivity index (χ2n) is 5.47. The summed E-state index contributed by atoms with van der Waals surface area (Å²) < 4.78 is 13.0. The Morgan fingerprint density at radius 2 is 1.85 bits per heavy atom. The van der Waals surface area contributed by atoms with Gasteiger partial charge >= 0.3 is 0 Å². The van der Waals surface area contributed by atoms with E-state index in [1.165, 1.54) is 0 Å². The SMILES string of the molecule is CCOc1ccc(C(=O)Nc2ccccc2-n2ccnc2)cc1OCC. The number of hydrogen-bond acceptors (Lipinski definition) is 4. The summed E-state index contributed by atoms with van der Waals surface area (Å²) in [7, 11) is 0. The minimum Gasteiger partial charge on any atom is -0.490 e. The van der Waals surface area contributed by atoms with E-state index in [2.05, 4.69) is 10.3 Å². The first-order chi connectivity index (χ1) is 12.7. The molecule has 3 aromatic rings. The van der Waals surface area contributed by atoms with Crippen LogP contribution in [0.2, 0.25) is 0 Å². The van der Waals surface area contributed by atoms with Gasteiger partial charge in [0.2, 0.25) is 0 Å². The molecule has 0 fully saturated rings. The van der Waals surface area contributed by atoms with Crippen molar-refractivity contribution in [1.29, 1.82) is 0 Å². The highest BCUT2D eigenvalue weighted by molar-refractivity contribution is 6.05. The number of anilines is 1. The van der Waals surface area contributed by atoms with Gasteiger partial charge in [0.1, 0.15) is 0 Å². The molecule has 1 heterocycles. The summed E-state index contributed by atoms with van der Waals surface area (Å²) in [4.78, 5) is 16.8. The van der Waals surface area contributed by atoms with Crippen molar-refractivity contribution < 1.29 is 14.3 Å². The van der Waals surface area contributed by atoms with Crippen LogP contribution in [-0.2, 0) is 0 Å². The number of para-hydroxylation sites is 2. The molecule has 0 radical (unpaired) electrons. The number of nitrogens with one attached hydrogen (secondary N) is 1. The molecule has 0 aliphatic carbocycles. The minimum absolute atomic E-state index is 0.221. The van der Waals surface area contributed by atoms with Crippen molar-refractivity contribution in [3.8, 4) is 17.2 Å². The average molecular weight is 351 g/mol. The van der Waals surface area contributed by atoms with E-state index in [1.807, 2.05) is 48.9 Å². The third-order valence-corrected chi connectivity index (χ3v) is 3.74. The second-order valence-corrected chi connectivity index (χ2v) is 5.47. The lowest BCUT2D eigenvalue weighted by Crippen LogP contribution is -2.14. The zero-order chi connectivity index (χ0) is 18.4. The molecule has 0 aliphatic rings. The van der Waals surface area contributed by atoms with Gasteiger partial charge < -0.3 is 19.4 Å². The Bertz CT molecular complexity index is 876. The van der Waals surface area contributed by atoms with Gasteiger partial charge in [-0.05, 0) is 44.2 Å². The maximum atomic E-state index is 12.7. The lowest BCUT2D eigenvalue weighted by Gasteiger charge is -2.14. The van der Waals surface area contributed by atoms with Crippen LogP contribution in [0.1, 0.15) is 24.2 Å². The maximum Gasteiger partial charge on any atom is 0.255 e. The van der Waals surface area contributed by atoms with Gasteiger partial charge in [-0.25, -0.2) is 4.98 Å². The number of imidazole rings is 1. The smallest absolute Gasteiger partial charge is 0.255 e. The maximum absolute atomic E-state index is 12.7. The number of benzene rings is 2. The molecule has 0 unspecified atom stereocenters. The fraction of sp³-hybridized carbons (Fsp3) is 0.200. The molecule has 0 bridgehead atoms. The Kier molecular flexibility index (Phi) is 5.53. The first kappa shape index (κ1) is 17.5. The highest BCUT2D eigenvalue weighted by Gasteiger charge is 2.13. The van der Waals surface area contributed by atoms with Crippen LogP contribution < -0.4 is 14.8 Å². The standard InChI is InChI=1S/C20H21N3O3/c1-3-25-18-10-9-15(13-19(18)26-4-2)20(24)22-16-7-5-6-8-17(16)23-12-11-21-14-23/h5-14H,3-4H2,1-2H3,(H,22,24). The summed E-state index contributed by atoms with van der Waals surface area (Å²) in [5, 5.41) is 2.95. The van der Waals surface area contributed by atoms with Gasteiger partial charge in [-0.3, -0.25) is 4.79 Å². The van der Waals surface area contributed by atoms with Crippen LogP contribution in [0, 0.1) is 0 Å². The van der Waals surface area contributed by atoms with Crippen LogP contribution in [0.3, 0.4) is 0 Å². The van der Waals surface area contributed by atoms with E-state index in [9.17, 15) is 4.79 Å². The molecule has 26 heavy (non-hydrogen) atoms. The van der Waals surface area contributed by atoms with Gasteiger partial charge in [-0.2, -0.15) is 0 Å². The molecule has 0 spiro atoms. The van der Waals surface area contributed by atoms with Crippen molar-refractivity contribution in [2.45, 2.75) is 13.8 Å². The van der Waals surface area contributed by atoms with Crippen LogP contribution in [0.15, 0.2) is 61.2 Å². The van der Waals surface area contributed by atoms with Crippen LogP contribution in [0.5, 0.6) is 11.5 Å². The molecule has 0 aliphatic heterocycles. The molecular weight excluding hydrogens is 330 g/mol. The topological polar surface area (TPSA) is 65.4 Å². The Morgan fingerprint density at radius 1 is 1.08 bits per heavy atom. The summed E-state index contributed by atoms with van der Waals surface area (Å²) in [5.74, 6) is 0.969. The Balaban J connectivity index is 1.86. The largest absolute Gasteiger partial charge is 0.490 e. The summed E-state index contributed by atoms with van der Waals surface area (Å²) in [5.41, 5.74) is 2.04. The number of carbonyl (C=O) groups is 1. The van der Waals surface area contributed by atoms with Crippen molar-refractivity contribution in [2.24, 2.45) is 0 Å². The number of ether oxygens (including phenoxy) is 2. The number of nitrogens with zero attached hydrogens (tertiary/aromatic N) is 2. The molecule has 6 nitrogen and oxygen atoms in total. The quantitative estimate of drug-likeness (QED) is 0.701. The highest BCUT2D eigenvalue weighted by Crippen LogP contribution is 2.29. The van der Waals surface area contributed by atoms with E-state index >= 15 is 0 Å². The van der Waals surface area contributed by atoms with Crippen LogP contribution in [0.4, 0.5) is 5.69 Å². The van der Waals surface area contributed by atoms with Crippen LogP contribution >= 0.6 is 0 Å². The number of amides is 1. The van der Waals surface area contributed by atoms with Gasteiger partial charge in [-0.1, -0.05) is 12.1 Å². The average Bonchev–Trinajstić information content (AvgIpc) is 3.18. The number of aromatic nitrogens is 2. The summed E-state index contributed by atoms with van der Waals surface area (Å²) >= 11 is 0. The lowest BCUT2D eigenvalue weighted by atomic mass is 10.1. The lowest BCUT2D eigenvalue weighted by molar-refractivity contribution is 0.102. The predicted molar refractivity (Wildman–Crippen MR) is 100 cm³/mol. The third-order valence-electron chi connectivity index (χ3n) is 3.74. The molecule has 1 aromatic heterocycles. The van der Waals surface area contributed by atoms with Crippen LogP contribution in [0.25, 0.3) is 5.69 Å². The van der Waals surface area contributed by atoms with Crippen molar-refractivity contribution in [1.82, 2.24) is 9.55 Å². The summed E-state index contributed by atoms with van der Waals surface area (Å²) in [6, 6.07) is 12.7. The van der Waals surface area contributed by atoms with E-state index in [0.29, 0.717) is 36.0 Å². The molecular formula is C20H21N3O3. The molecule has 134 valence electrons. The van der Waals surface area contributed by atoms with Crippen LogP contribution in [-0.4, -0.2) is 28.7 Å². The van der Waals surface area contributed by atoms with E-state index in [4.69, 9.17) is 9.47 Å². The number of carbonyl (C=O) groups excluding carboxylic acids is 1. The first-order valence-corrected chi connectivity index (χ1v) is 8.51. The molecule has 0 atom stereocenters. The fourth-order valence-corrected chi connectivity index (χ4v) is 2.59. The molecule has 3 rings (SSSR count). The molecule has 2 aromatic carbocycles. The second kappa shape index (κ2) is 8.20. The van der Waals surface area contributed by atoms with Crippen molar-refractivity contribution in [3.63, 3.8) is 0 Å². The van der Waals surface area contributed by atoms with Gasteiger partial charge in [-0.15, -0.1) is 0 Å². The van der Waals surface area contributed by atoms with Gasteiger partial charge in [0.25, 0.3) is 5.91 Å².